The monoisotopic (exact) mass is 306 g/mol. The third-order valence-corrected chi connectivity index (χ3v) is 4.01. The number of fused-ring (bicyclic) bond motifs is 1. The zero-order valence-corrected chi connectivity index (χ0v) is 12.3. The van der Waals surface area contributed by atoms with Crippen molar-refractivity contribution in [1.29, 1.82) is 0 Å². The molecule has 1 atom stereocenters. The fourth-order valence-corrected chi connectivity index (χ4v) is 2.77. The number of carbonyl (C=O) groups is 2. The van der Waals surface area contributed by atoms with Crippen LogP contribution in [0.4, 0.5) is 0 Å². The van der Waals surface area contributed by atoms with Crippen molar-refractivity contribution in [2.24, 2.45) is 0 Å². The minimum Gasteiger partial charge on any atom is -0.449 e. The molecule has 6 heteroatoms. The van der Waals surface area contributed by atoms with Gasteiger partial charge in [-0.05, 0) is 25.8 Å². The number of halogens is 1. The van der Waals surface area contributed by atoms with E-state index in [0.717, 1.165) is 17.4 Å². The minimum atomic E-state index is -0.505. The third-order valence-electron chi connectivity index (χ3n) is 3.71. The fourth-order valence-electron chi connectivity index (χ4n) is 2.56. The molecule has 1 saturated heterocycles. The molecule has 0 aliphatic carbocycles. The Kier molecular flexibility index (Phi) is 3.59. The summed E-state index contributed by atoms with van der Waals surface area (Å²) in [6.07, 6.45) is 1.49. The number of hydrogen-bond donors (Lipinski definition) is 2. The molecule has 5 nitrogen and oxygen atoms in total. The summed E-state index contributed by atoms with van der Waals surface area (Å²) in [6, 6.07) is 4.87. The molecule has 1 aromatic carbocycles. The number of furan rings is 1. The highest BCUT2D eigenvalue weighted by atomic mass is 35.5. The van der Waals surface area contributed by atoms with E-state index in [1.807, 2.05) is 12.1 Å². The number of rotatable bonds is 2. The van der Waals surface area contributed by atoms with Crippen LogP contribution in [0.3, 0.4) is 0 Å². The molecule has 0 bridgehead atoms. The maximum absolute atomic E-state index is 12.3. The van der Waals surface area contributed by atoms with Gasteiger partial charge in [-0.2, -0.15) is 0 Å². The Hall–Kier alpha value is -2.01. The fraction of sp³-hybridized carbons (Fsp3) is 0.333. The summed E-state index contributed by atoms with van der Waals surface area (Å²) in [7, 11) is 0. The van der Waals surface area contributed by atoms with Gasteiger partial charge in [0.1, 0.15) is 6.04 Å². The third kappa shape index (κ3) is 2.49. The van der Waals surface area contributed by atoms with Crippen LogP contribution >= 0.6 is 11.6 Å². The first-order valence-electron chi connectivity index (χ1n) is 6.84. The van der Waals surface area contributed by atoms with Crippen LogP contribution in [0.2, 0.25) is 5.02 Å². The SMILES string of the molecule is Cc1c(C(=O)N[C@@H]2CCCNC2=O)oc2c(Cl)cccc12. The van der Waals surface area contributed by atoms with Crippen molar-refractivity contribution < 1.29 is 14.0 Å². The van der Waals surface area contributed by atoms with Gasteiger partial charge in [-0.25, -0.2) is 0 Å². The number of benzene rings is 1. The maximum Gasteiger partial charge on any atom is 0.287 e. The van der Waals surface area contributed by atoms with Gasteiger partial charge in [-0.15, -0.1) is 0 Å². The molecule has 3 rings (SSSR count). The molecule has 1 aliphatic rings. The number of nitrogens with one attached hydrogen (secondary N) is 2. The van der Waals surface area contributed by atoms with Crippen LogP contribution in [0.5, 0.6) is 0 Å². The van der Waals surface area contributed by atoms with E-state index in [9.17, 15) is 9.59 Å². The second-order valence-corrected chi connectivity index (χ2v) is 5.54. The van der Waals surface area contributed by atoms with Crippen LogP contribution in [0.25, 0.3) is 11.0 Å². The van der Waals surface area contributed by atoms with Crippen molar-refractivity contribution in [1.82, 2.24) is 10.6 Å². The summed E-state index contributed by atoms with van der Waals surface area (Å²) in [5.74, 6) is -0.334. The Morgan fingerprint density at radius 1 is 1.48 bits per heavy atom. The highest BCUT2D eigenvalue weighted by Gasteiger charge is 2.26. The summed E-state index contributed by atoms with van der Waals surface area (Å²) in [4.78, 5) is 24.0. The maximum atomic E-state index is 12.3. The van der Waals surface area contributed by atoms with Gasteiger partial charge < -0.3 is 15.1 Å². The molecule has 21 heavy (non-hydrogen) atoms. The largest absolute Gasteiger partial charge is 0.449 e. The molecule has 0 unspecified atom stereocenters. The highest BCUT2D eigenvalue weighted by molar-refractivity contribution is 6.35. The quantitative estimate of drug-likeness (QED) is 0.895. The second kappa shape index (κ2) is 5.41. The first kappa shape index (κ1) is 13.9. The number of para-hydroxylation sites is 1. The van der Waals surface area contributed by atoms with Gasteiger partial charge in [0, 0.05) is 17.5 Å². The zero-order chi connectivity index (χ0) is 15.0. The topological polar surface area (TPSA) is 71.3 Å². The summed E-state index contributed by atoms with van der Waals surface area (Å²) in [6.45, 7) is 2.46. The van der Waals surface area contributed by atoms with E-state index in [0.29, 0.717) is 23.6 Å². The molecule has 1 aliphatic heterocycles. The van der Waals surface area contributed by atoms with Crippen LogP contribution in [0.15, 0.2) is 22.6 Å². The Morgan fingerprint density at radius 2 is 2.29 bits per heavy atom. The number of hydrogen-bond acceptors (Lipinski definition) is 3. The predicted molar refractivity (Wildman–Crippen MR) is 79.5 cm³/mol. The van der Waals surface area contributed by atoms with Crippen molar-refractivity contribution in [2.75, 3.05) is 6.54 Å². The van der Waals surface area contributed by atoms with E-state index in [-0.39, 0.29) is 17.6 Å². The minimum absolute atomic E-state index is 0.151. The average molecular weight is 307 g/mol. The molecular formula is C15H15ClN2O3. The summed E-state index contributed by atoms with van der Waals surface area (Å²) in [5.41, 5.74) is 1.22. The lowest BCUT2D eigenvalue weighted by atomic mass is 10.1. The Morgan fingerprint density at radius 3 is 3.00 bits per heavy atom. The Labute approximate surface area is 126 Å². The summed E-state index contributed by atoms with van der Waals surface area (Å²) in [5, 5.41) is 6.72. The van der Waals surface area contributed by atoms with Crippen molar-refractivity contribution in [3.05, 3.63) is 34.5 Å². The molecule has 2 N–H and O–H groups in total. The summed E-state index contributed by atoms with van der Waals surface area (Å²) >= 11 is 6.07. The smallest absolute Gasteiger partial charge is 0.287 e. The lowest BCUT2D eigenvalue weighted by Gasteiger charge is -2.22. The molecule has 1 aromatic heterocycles. The van der Waals surface area contributed by atoms with E-state index in [1.165, 1.54) is 0 Å². The number of piperidine rings is 1. The van der Waals surface area contributed by atoms with E-state index in [2.05, 4.69) is 10.6 Å². The molecule has 2 amide bonds. The van der Waals surface area contributed by atoms with E-state index in [1.54, 1.807) is 13.0 Å². The van der Waals surface area contributed by atoms with E-state index >= 15 is 0 Å². The van der Waals surface area contributed by atoms with Crippen molar-refractivity contribution in [2.45, 2.75) is 25.8 Å². The Bertz CT molecular complexity index is 723. The number of carbonyl (C=O) groups excluding carboxylic acids is 2. The van der Waals surface area contributed by atoms with E-state index in [4.69, 9.17) is 16.0 Å². The van der Waals surface area contributed by atoms with Crippen LogP contribution < -0.4 is 10.6 Å². The Balaban J connectivity index is 1.89. The van der Waals surface area contributed by atoms with Gasteiger partial charge in [-0.1, -0.05) is 23.7 Å². The van der Waals surface area contributed by atoms with Gasteiger partial charge in [0.05, 0.1) is 5.02 Å². The predicted octanol–water partition coefficient (Wildman–Crippen LogP) is 2.40. The van der Waals surface area contributed by atoms with Crippen LogP contribution in [-0.4, -0.2) is 24.4 Å². The highest BCUT2D eigenvalue weighted by Crippen LogP contribution is 2.30. The van der Waals surface area contributed by atoms with Gasteiger partial charge in [0.15, 0.2) is 11.3 Å². The lowest BCUT2D eigenvalue weighted by Crippen LogP contribution is -2.50. The van der Waals surface area contributed by atoms with Gasteiger partial charge >= 0.3 is 0 Å². The standard InChI is InChI=1S/C15H15ClN2O3/c1-8-9-4-2-5-10(16)13(9)21-12(8)15(20)18-11-6-3-7-17-14(11)19/h2,4-5,11H,3,6-7H2,1H3,(H,17,19)(H,18,20)/t11-/m1/s1. The van der Waals surface area contributed by atoms with Crippen molar-refractivity contribution in [3.8, 4) is 0 Å². The normalized spacial score (nSPS) is 18.6. The molecular weight excluding hydrogens is 292 g/mol. The van der Waals surface area contributed by atoms with Crippen molar-refractivity contribution in [3.63, 3.8) is 0 Å². The number of amides is 2. The van der Waals surface area contributed by atoms with Gasteiger partial charge in [-0.3, -0.25) is 9.59 Å². The average Bonchev–Trinajstić information content (AvgIpc) is 2.81. The second-order valence-electron chi connectivity index (χ2n) is 5.13. The lowest BCUT2D eigenvalue weighted by molar-refractivity contribution is -0.124. The molecule has 2 aromatic rings. The zero-order valence-electron chi connectivity index (χ0n) is 11.5. The molecule has 110 valence electrons. The molecule has 0 saturated carbocycles. The van der Waals surface area contributed by atoms with Crippen LogP contribution in [-0.2, 0) is 4.79 Å². The van der Waals surface area contributed by atoms with Crippen LogP contribution in [0, 0.1) is 6.92 Å². The van der Waals surface area contributed by atoms with Gasteiger partial charge in [0.2, 0.25) is 5.91 Å². The number of aryl methyl sites for hydroxylation is 1. The van der Waals surface area contributed by atoms with E-state index < -0.39 is 6.04 Å². The van der Waals surface area contributed by atoms with Crippen molar-refractivity contribution >= 4 is 34.4 Å². The molecule has 0 spiro atoms. The van der Waals surface area contributed by atoms with Crippen LogP contribution in [0.1, 0.15) is 29.0 Å². The van der Waals surface area contributed by atoms with Gasteiger partial charge in [0.25, 0.3) is 5.91 Å². The summed E-state index contributed by atoms with van der Waals surface area (Å²) < 4.78 is 5.59. The first-order chi connectivity index (χ1) is 10.1. The molecule has 0 radical (unpaired) electrons. The molecule has 2 heterocycles. The first-order valence-corrected chi connectivity index (χ1v) is 7.22. The molecule has 1 fully saturated rings.